The number of benzene rings is 1. The normalized spacial score (nSPS) is 23.4. The Morgan fingerprint density at radius 3 is 1.74 bits per heavy atom. The summed E-state index contributed by atoms with van der Waals surface area (Å²) in [6.45, 7) is 2.32. The third-order valence-electron chi connectivity index (χ3n) is 5.14. The van der Waals surface area contributed by atoms with E-state index in [4.69, 9.17) is 0 Å². The first-order valence-electron chi connectivity index (χ1n) is 8.35. The van der Waals surface area contributed by atoms with Crippen LogP contribution in [0.5, 0.6) is 0 Å². The van der Waals surface area contributed by atoms with Gasteiger partial charge in [0.2, 0.25) is 0 Å². The number of nitrogens with one attached hydrogen (secondary N) is 1. The van der Waals surface area contributed by atoms with Gasteiger partial charge in [0.1, 0.15) is 0 Å². The first-order chi connectivity index (χ1) is 12.1. The second-order valence-corrected chi connectivity index (χ2v) is 6.84. The minimum Gasteiger partial charge on any atom is -0.339 e. The van der Waals surface area contributed by atoms with Crippen LogP contribution in [-0.4, -0.2) is 37.0 Å². The van der Waals surface area contributed by atoms with Gasteiger partial charge in [-0.2, -0.15) is 26.3 Å². The quantitative estimate of drug-likeness (QED) is 0.695. The maximum Gasteiger partial charge on any atom is 0.416 e. The van der Waals surface area contributed by atoms with E-state index in [-0.39, 0.29) is 18.5 Å². The largest absolute Gasteiger partial charge is 0.416 e. The molecule has 2 aliphatic rings. The standard InChI is InChI=1S/C17H18F6N2O.ClH/c18-16(19,20)13-5-12(6-14(7-13)17(21,22)23)15(26)25-3-1-10-8-24-9-11(10)2-4-25;/h5-7,10-11,24H,1-4,8-9H2;1H/t10-,11+;. The van der Waals surface area contributed by atoms with E-state index in [0.29, 0.717) is 49.9 Å². The highest BCUT2D eigenvalue weighted by molar-refractivity contribution is 5.94. The molecule has 27 heavy (non-hydrogen) atoms. The second kappa shape index (κ2) is 7.87. The fourth-order valence-electron chi connectivity index (χ4n) is 3.68. The highest BCUT2D eigenvalue weighted by Gasteiger charge is 2.38. The first-order valence-corrected chi connectivity index (χ1v) is 8.35. The smallest absolute Gasteiger partial charge is 0.339 e. The molecule has 2 saturated heterocycles. The molecule has 1 amide bonds. The molecule has 0 bridgehead atoms. The number of rotatable bonds is 1. The molecule has 0 unspecified atom stereocenters. The van der Waals surface area contributed by atoms with Crippen molar-refractivity contribution in [1.29, 1.82) is 0 Å². The van der Waals surface area contributed by atoms with Gasteiger partial charge in [-0.05, 0) is 56.0 Å². The van der Waals surface area contributed by atoms with Crippen molar-refractivity contribution in [3.63, 3.8) is 0 Å². The average Bonchev–Trinajstić information content (AvgIpc) is 2.91. The highest BCUT2D eigenvalue weighted by atomic mass is 35.5. The Bertz CT molecular complexity index is 645. The van der Waals surface area contributed by atoms with Crippen molar-refractivity contribution < 1.29 is 31.1 Å². The average molecular weight is 417 g/mol. The van der Waals surface area contributed by atoms with Gasteiger partial charge in [0.05, 0.1) is 11.1 Å². The summed E-state index contributed by atoms with van der Waals surface area (Å²) in [5.74, 6) is -0.00498. The number of likely N-dealkylation sites (tertiary alicyclic amines) is 1. The number of nitrogens with zero attached hydrogens (tertiary/aromatic N) is 1. The summed E-state index contributed by atoms with van der Waals surface area (Å²) in [7, 11) is 0. The fourth-order valence-corrected chi connectivity index (χ4v) is 3.68. The Kier molecular flexibility index (Phi) is 6.36. The van der Waals surface area contributed by atoms with Crippen molar-refractivity contribution >= 4 is 18.3 Å². The zero-order chi connectivity index (χ0) is 19.1. The van der Waals surface area contributed by atoms with E-state index >= 15 is 0 Å². The molecule has 2 heterocycles. The summed E-state index contributed by atoms with van der Waals surface area (Å²) in [5, 5.41) is 3.26. The number of hydrogen-bond donors (Lipinski definition) is 1. The van der Waals surface area contributed by atoms with Crippen LogP contribution < -0.4 is 5.32 Å². The van der Waals surface area contributed by atoms with Crippen molar-refractivity contribution in [3.05, 3.63) is 34.9 Å². The van der Waals surface area contributed by atoms with Gasteiger partial charge in [0.25, 0.3) is 5.91 Å². The van der Waals surface area contributed by atoms with Crippen LogP contribution in [0.25, 0.3) is 0 Å². The molecule has 2 atom stereocenters. The molecule has 10 heteroatoms. The number of halogens is 7. The summed E-state index contributed by atoms with van der Waals surface area (Å²) in [4.78, 5) is 14.0. The molecule has 0 saturated carbocycles. The van der Waals surface area contributed by atoms with Crippen LogP contribution >= 0.6 is 12.4 Å². The highest BCUT2D eigenvalue weighted by Crippen LogP contribution is 2.37. The van der Waals surface area contributed by atoms with E-state index in [9.17, 15) is 31.1 Å². The molecule has 0 spiro atoms. The molecule has 3 nitrogen and oxygen atoms in total. The Morgan fingerprint density at radius 1 is 0.889 bits per heavy atom. The lowest BCUT2D eigenvalue weighted by Gasteiger charge is -2.22. The number of hydrogen-bond acceptors (Lipinski definition) is 2. The van der Waals surface area contributed by atoms with Crippen LogP contribution in [-0.2, 0) is 12.4 Å². The van der Waals surface area contributed by atoms with E-state index in [2.05, 4.69) is 5.32 Å². The molecule has 2 fully saturated rings. The van der Waals surface area contributed by atoms with Crippen molar-refractivity contribution in [2.24, 2.45) is 11.8 Å². The molecule has 1 aromatic carbocycles. The Balaban J connectivity index is 0.00000261. The lowest BCUT2D eigenvalue weighted by atomic mass is 9.92. The van der Waals surface area contributed by atoms with Crippen LogP contribution in [0, 0.1) is 11.8 Å². The third kappa shape index (κ3) is 4.87. The van der Waals surface area contributed by atoms with Crippen molar-refractivity contribution in [1.82, 2.24) is 10.2 Å². The van der Waals surface area contributed by atoms with Crippen LogP contribution in [0.15, 0.2) is 18.2 Å². The van der Waals surface area contributed by atoms with E-state index in [0.717, 1.165) is 13.1 Å². The van der Waals surface area contributed by atoms with Crippen LogP contribution in [0.1, 0.15) is 34.3 Å². The van der Waals surface area contributed by atoms with Crippen molar-refractivity contribution in [3.8, 4) is 0 Å². The van der Waals surface area contributed by atoms with Gasteiger partial charge in [-0.3, -0.25) is 4.79 Å². The monoisotopic (exact) mass is 416 g/mol. The maximum atomic E-state index is 13.0. The zero-order valence-corrected chi connectivity index (χ0v) is 15.0. The molecule has 3 rings (SSSR count). The Labute approximate surface area is 158 Å². The molecule has 0 radical (unpaired) electrons. The molecular weight excluding hydrogens is 398 g/mol. The van der Waals surface area contributed by atoms with Gasteiger partial charge >= 0.3 is 12.4 Å². The van der Waals surface area contributed by atoms with Gasteiger partial charge in [0.15, 0.2) is 0 Å². The third-order valence-corrected chi connectivity index (χ3v) is 5.14. The van der Waals surface area contributed by atoms with E-state index in [1.807, 2.05) is 0 Å². The Morgan fingerprint density at radius 2 is 1.33 bits per heavy atom. The van der Waals surface area contributed by atoms with Crippen molar-refractivity contribution in [2.45, 2.75) is 25.2 Å². The number of alkyl halides is 6. The maximum absolute atomic E-state index is 13.0. The van der Waals surface area contributed by atoms with Gasteiger partial charge in [-0.1, -0.05) is 0 Å². The lowest BCUT2D eigenvalue weighted by Crippen LogP contribution is -2.33. The fraction of sp³-hybridized carbons (Fsp3) is 0.588. The molecule has 0 aromatic heterocycles. The number of carbonyl (C=O) groups excluding carboxylic acids is 1. The number of fused-ring (bicyclic) bond motifs is 1. The predicted octanol–water partition coefficient (Wildman–Crippen LogP) is 4.22. The summed E-state index contributed by atoms with van der Waals surface area (Å²) in [5.41, 5.74) is -3.50. The van der Waals surface area contributed by atoms with Crippen LogP contribution in [0.3, 0.4) is 0 Å². The molecule has 0 aliphatic carbocycles. The molecular formula is C17H19ClF6N2O. The molecule has 2 aliphatic heterocycles. The van der Waals surface area contributed by atoms with E-state index in [1.165, 1.54) is 4.90 Å². The summed E-state index contributed by atoms with van der Waals surface area (Å²) >= 11 is 0. The SMILES string of the molecule is Cl.O=C(c1cc(C(F)(F)F)cc(C(F)(F)F)c1)N1CC[C@@H]2CNC[C@@H]2CC1. The van der Waals surface area contributed by atoms with Gasteiger partial charge in [-0.15, -0.1) is 12.4 Å². The summed E-state index contributed by atoms with van der Waals surface area (Å²) in [6, 6.07) is 1.05. The van der Waals surface area contributed by atoms with Gasteiger partial charge < -0.3 is 10.2 Å². The van der Waals surface area contributed by atoms with Gasteiger partial charge in [0, 0.05) is 18.7 Å². The number of amides is 1. The van der Waals surface area contributed by atoms with E-state index < -0.39 is 35.0 Å². The predicted molar refractivity (Wildman–Crippen MR) is 88.7 cm³/mol. The topological polar surface area (TPSA) is 32.3 Å². The molecule has 1 aromatic rings. The Hall–Kier alpha value is -1.48. The summed E-state index contributed by atoms with van der Waals surface area (Å²) < 4.78 is 77.8. The van der Waals surface area contributed by atoms with Crippen molar-refractivity contribution in [2.75, 3.05) is 26.2 Å². The lowest BCUT2D eigenvalue weighted by molar-refractivity contribution is -0.143. The molecule has 1 N–H and O–H groups in total. The van der Waals surface area contributed by atoms with Crippen LogP contribution in [0.4, 0.5) is 26.3 Å². The first kappa shape index (κ1) is 21.8. The zero-order valence-electron chi connectivity index (χ0n) is 14.2. The minimum atomic E-state index is -4.96. The van der Waals surface area contributed by atoms with Crippen LogP contribution in [0.2, 0.25) is 0 Å². The molecule has 152 valence electrons. The van der Waals surface area contributed by atoms with E-state index in [1.54, 1.807) is 0 Å². The van der Waals surface area contributed by atoms with Gasteiger partial charge in [-0.25, -0.2) is 0 Å². The minimum absolute atomic E-state index is 0. The second-order valence-electron chi connectivity index (χ2n) is 6.84. The summed E-state index contributed by atoms with van der Waals surface area (Å²) in [6.07, 6.45) is -8.54. The number of carbonyl (C=O) groups is 1.